The number of carbonyl (C=O) groups is 1. The Balaban J connectivity index is 2.32. The van der Waals surface area contributed by atoms with Crippen LogP contribution in [0.4, 0.5) is 0 Å². The lowest BCUT2D eigenvalue weighted by molar-refractivity contribution is -0.136. The summed E-state index contributed by atoms with van der Waals surface area (Å²) in [5.41, 5.74) is -0.562. The van der Waals surface area contributed by atoms with Crippen LogP contribution < -0.4 is 5.32 Å². The highest BCUT2D eigenvalue weighted by Gasteiger charge is 2.39. The maximum Gasteiger partial charge on any atom is 0.261 e. The van der Waals surface area contributed by atoms with Gasteiger partial charge in [0.15, 0.2) is 5.60 Å². The van der Waals surface area contributed by atoms with Crippen molar-refractivity contribution in [3.63, 3.8) is 0 Å². The molecule has 0 unspecified atom stereocenters. The van der Waals surface area contributed by atoms with E-state index in [1.54, 1.807) is 24.3 Å². The number of aliphatic hydroxyl groups is 1. The summed E-state index contributed by atoms with van der Waals surface area (Å²) in [6.07, 6.45) is 4.65. The maximum absolute atomic E-state index is 12.6. The highest BCUT2D eigenvalue weighted by atomic mass is 16.3. The zero-order valence-electron chi connectivity index (χ0n) is 12.7. The van der Waals surface area contributed by atoms with E-state index in [9.17, 15) is 9.90 Å². The summed E-state index contributed by atoms with van der Waals surface area (Å²) in [5.74, 6) is -0.408. The maximum atomic E-state index is 12.6. The van der Waals surface area contributed by atoms with E-state index in [2.05, 4.69) is 5.32 Å². The van der Waals surface area contributed by atoms with Crippen LogP contribution in [0.25, 0.3) is 0 Å². The molecule has 2 N–H and O–H groups in total. The Hall–Kier alpha value is -2.39. The van der Waals surface area contributed by atoms with Crippen LogP contribution in [0.3, 0.4) is 0 Å². The Bertz CT molecular complexity index is 581. The molecule has 0 saturated carbocycles. The highest BCUT2D eigenvalue weighted by molar-refractivity contribution is 5.90. The Labute approximate surface area is 131 Å². The molecule has 1 amide bonds. The van der Waals surface area contributed by atoms with Gasteiger partial charge in [-0.1, -0.05) is 72.8 Å². The van der Waals surface area contributed by atoms with Crippen molar-refractivity contribution < 1.29 is 9.90 Å². The van der Waals surface area contributed by atoms with Gasteiger partial charge >= 0.3 is 0 Å². The second-order valence-corrected chi connectivity index (χ2v) is 5.06. The monoisotopic (exact) mass is 295 g/mol. The molecular weight excluding hydrogens is 274 g/mol. The van der Waals surface area contributed by atoms with Crippen molar-refractivity contribution in [2.75, 3.05) is 6.54 Å². The summed E-state index contributed by atoms with van der Waals surface area (Å²) in [4.78, 5) is 12.6. The quantitative estimate of drug-likeness (QED) is 0.636. The minimum atomic E-state index is -1.68. The molecule has 0 heterocycles. The molecule has 22 heavy (non-hydrogen) atoms. The largest absolute Gasteiger partial charge is 0.372 e. The second kappa shape index (κ2) is 7.57. The third kappa shape index (κ3) is 3.43. The standard InChI is InChI=1S/C19H21NO2/c1-2-3-10-15-20-18(21)19(22,16-11-6-4-7-12-16)17-13-8-5-9-14-17/h2-9,11-14,22H,10,15H2,1H3,(H,20,21). The van der Waals surface area contributed by atoms with Gasteiger partial charge in [-0.3, -0.25) is 4.79 Å². The summed E-state index contributed by atoms with van der Waals surface area (Å²) in [7, 11) is 0. The van der Waals surface area contributed by atoms with Gasteiger partial charge in [-0.2, -0.15) is 0 Å². The summed E-state index contributed by atoms with van der Waals surface area (Å²) >= 11 is 0. The normalized spacial score (nSPS) is 11.5. The molecule has 3 nitrogen and oxygen atoms in total. The zero-order chi connectivity index (χ0) is 15.8. The van der Waals surface area contributed by atoms with E-state index >= 15 is 0 Å². The molecule has 114 valence electrons. The predicted octanol–water partition coefficient (Wildman–Crippen LogP) is 3.00. The Morgan fingerprint density at radius 3 is 2.00 bits per heavy atom. The highest BCUT2D eigenvalue weighted by Crippen LogP contribution is 2.29. The molecular formula is C19H21NO2. The Kier molecular flexibility index (Phi) is 5.50. The van der Waals surface area contributed by atoms with Crippen LogP contribution in [-0.2, 0) is 10.4 Å². The number of amides is 1. The van der Waals surface area contributed by atoms with E-state index < -0.39 is 11.5 Å². The second-order valence-electron chi connectivity index (χ2n) is 5.06. The zero-order valence-corrected chi connectivity index (χ0v) is 12.7. The molecule has 0 aliphatic heterocycles. The molecule has 2 aromatic rings. The van der Waals surface area contributed by atoms with Gasteiger partial charge in [0.2, 0.25) is 0 Å². The summed E-state index contributed by atoms with van der Waals surface area (Å²) < 4.78 is 0. The van der Waals surface area contributed by atoms with E-state index in [0.29, 0.717) is 17.7 Å². The number of allylic oxidation sites excluding steroid dienone is 1. The Morgan fingerprint density at radius 2 is 1.55 bits per heavy atom. The molecule has 0 spiro atoms. The van der Waals surface area contributed by atoms with Crippen LogP contribution in [0.2, 0.25) is 0 Å². The number of nitrogens with one attached hydrogen (secondary N) is 1. The van der Waals surface area contributed by atoms with Crippen LogP contribution >= 0.6 is 0 Å². The third-order valence-corrected chi connectivity index (χ3v) is 3.54. The fraction of sp³-hybridized carbons (Fsp3) is 0.211. The molecule has 3 heteroatoms. The first-order valence-corrected chi connectivity index (χ1v) is 7.42. The smallest absolute Gasteiger partial charge is 0.261 e. The van der Waals surface area contributed by atoms with Crippen LogP contribution in [0, 0.1) is 0 Å². The van der Waals surface area contributed by atoms with Crippen LogP contribution in [0.15, 0.2) is 72.8 Å². The number of rotatable bonds is 6. The number of hydrogen-bond acceptors (Lipinski definition) is 2. The first kappa shape index (κ1) is 16.0. The average Bonchev–Trinajstić information content (AvgIpc) is 2.59. The van der Waals surface area contributed by atoms with E-state index in [4.69, 9.17) is 0 Å². The molecule has 2 rings (SSSR count). The van der Waals surface area contributed by atoms with E-state index in [1.165, 1.54) is 0 Å². The molecule has 0 atom stereocenters. The fourth-order valence-electron chi connectivity index (χ4n) is 2.35. The molecule has 0 fully saturated rings. The number of benzene rings is 2. The van der Waals surface area contributed by atoms with Crippen molar-refractivity contribution in [1.82, 2.24) is 5.32 Å². The van der Waals surface area contributed by atoms with Gasteiger partial charge in [-0.25, -0.2) is 0 Å². The lowest BCUT2D eigenvalue weighted by atomic mass is 9.85. The number of carbonyl (C=O) groups excluding carboxylic acids is 1. The van der Waals surface area contributed by atoms with Gasteiger partial charge in [-0.05, 0) is 24.5 Å². The predicted molar refractivity (Wildman–Crippen MR) is 88.3 cm³/mol. The topological polar surface area (TPSA) is 49.3 Å². The number of hydrogen-bond donors (Lipinski definition) is 2. The lowest BCUT2D eigenvalue weighted by Crippen LogP contribution is -2.45. The van der Waals surface area contributed by atoms with Crippen LogP contribution in [-0.4, -0.2) is 17.6 Å². The van der Waals surface area contributed by atoms with Crippen molar-refractivity contribution in [2.24, 2.45) is 0 Å². The van der Waals surface area contributed by atoms with Crippen LogP contribution in [0.5, 0.6) is 0 Å². The molecule has 0 saturated heterocycles. The van der Waals surface area contributed by atoms with Gasteiger partial charge in [0.25, 0.3) is 5.91 Å². The van der Waals surface area contributed by atoms with Gasteiger partial charge in [0, 0.05) is 6.54 Å². The third-order valence-electron chi connectivity index (χ3n) is 3.54. The van der Waals surface area contributed by atoms with Crippen LogP contribution in [0.1, 0.15) is 24.5 Å². The molecule has 0 aromatic heterocycles. The first-order chi connectivity index (χ1) is 10.7. The first-order valence-electron chi connectivity index (χ1n) is 7.42. The molecule has 2 aromatic carbocycles. The fourth-order valence-corrected chi connectivity index (χ4v) is 2.35. The van der Waals surface area contributed by atoms with E-state index in [-0.39, 0.29) is 0 Å². The molecule has 0 radical (unpaired) electrons. The Morgan fingerprint density at radius 1 is 1.05 bits per heavy atom. The minimum Gasteiger partial charge on any atom is -0.372 e. The van der Waals surface area contributed by atoms with Gasteiger partial charge in [-0.15, -0.1) is 0 Å². The summed E-state index contributed by atoms with van der Waals surface area (Å²) in [6, 6.07) is 18.0. The van der Waals surface area contributed by atoms with Gasteiger partial charge in [0.1, 0.15) is 0 Å². The lowest BCUT2D eigenvalue weighted by Gasteiger charge is -2.28. The van der Waals surface area contributed by atoms with Crippen molar-refractivity contribution in [3.05, 3.63) is 83.9 Å². The molecule has 0 aliphatic rings. The van der Waals surface area contributed by atoms with Crippen molar-refractivity contribution in [2.45, 2.75) is 18.9 Å². The minimum absolute atomic E-state index is 0.408. The van der Waals surface area contributed by atoms with Gasteiger partial charge in [0.05, 0.1) is 0 Å². The van der Waals surface area contributed by atoms with Crippen molar-refractivity contribution in [3.8, 4) is 0 Å². The summed E-state index contributed by atoms with van der Waals surface area (Å²) in [5, 5.41) is 14.0. The van der Waals surface area contributed by atoms with E-state index in [1.807, 2.05) is 55.5 Å². The van der Waals surface area contributed by atoms with E-state index in [0.717, 1.165) is 6.42 Å². The SMILES string of the molecule is CC=CCCNC(=O)C(O)(c1ccccc1)c1ccccc1. The van der Waals surface area contributed by atoms with Crippen molar-refractivity contribution in [1.29, 1.82) is 0 Å². The van der Waals surface area contributed by atoms with Gasteiger partial charge < -0.3 is 10.4 Å². The average molecular weight is 295 g/mol. The molecule has 0 bridgehead atoms. The summed E-state index contributed by atoms with van der Waals surface area (Å²) in [6.45, 7) is 2.43. The molecule has 0 aliphatic carbocycles. The van der Waals surface area contributed by atoms with Crippen molar-refractivity contribution >= 4 is 5.91 Å².